The lowest BCUT2D eigenvalue weighted by atomic mass is 9.82. The molecule has 1 aromatic heterocycles. The SMILES string of the molecule is [C-]#[N+]c1ccc2c(c1)-c1cc(-c3ccc(-c4cc(-c5ccc(-c6ccccc6)cc5)nc(-c5ccccc5)n4)cc3)ccc1C2(C)C. The van der Waals surface area contributed by atoms with E-state index in [9.17, 15) is 0 Å². The molecule has 0 atom stereocenters. The fourth-order valence-electron chi connectivity index (χ4n) is 6.76. The van der Waals surface area contributed by atoms with Gasteiger partial charge in [0.15, 0.2) is 11.5 Å². The molecule has 0 saturated heterocycles. The Hall–Kier alpha value is -6.11. The first kappa shape index (κ1) is 28.4. The maximum Gasteiger partial charge on any atom is 0.187 e. The second-order valence-corrected chi connectivity index (χ2v) is 12.6. The highest BCUT2D eigenvalue weighted by atomic mass is 14.9. The minimum Gasteiger partial charge on any atom is -0.238 e. The van der Waals surface area contributed by atoms with E-state index in [2.05, 4.69) is 134 Å². The zero-order chi connectivity index (χ0) is 32.0. The van der Waals surface area contributed by atoms with E-state index < -0.39 is 0 Å². The van der Waals surface area contributed by atoms with Crippen LogP contribution in [-0.2, 0) is 5.41 Å². The molecule has 7 aromatic rings. The van der Waals surface area contributed by atoms with E-state index in [1.165, 1.54) is 27.8 Å². The van der Waals surface area contributed by atoms with Crippen molar-refractivity contribution in [3.8, 4) is 67.3 Å². The van der Waals surface area contributed by atoms with Crippen molar-refractivity contribution in [2.24, 2.45) is 0 Å². The standard InChI is InChI=1S/C44H31N3/c1-44(2)39-24-22-35(26-37(39)38-27-36(45-3)23-25-40(38)44)31-16-20-33(21-17-31)42-28-41(46-43(47-42)34-12-8-5-9-13-34)32-18-14-30(15-19-32)29-10-6-4-7-11-29/h4-28H,1-2H3. The van der Waals surface area contributed by atoms with Crippen molar-refractivity contribution in [2.45, 2.75) is 19.3 Å². The van der Waals surface area contributed by atoms with Gasteiger partial charge < -0.3 is 0 Å². The topological polar surface area (TPSA) is 30.1 Å². The van der Waals surface area contributed by atoms with E-state index in [0.717, 1.165) is 44.8 Å². The Labute approximate surface area is 275 Å². The summed E-state index contributed by atoms with van der Waals surface area (Å²) in [5.74, 6) is 0.702. The van der Waals surface area contributed by atoms with Crippen LogP contribution in [0.25, 0.3) is 72.1 Å². The summed E-state index contributed by atoms with van der Waals surface area (Å²) < 4.78 is 0. The fourth-order valence-corrected chi connectivity index (χ4v) is 6.76. The van der Waals surface area contributed by atoms with Crippen LogP contribution in [-0.4, -0.2) is 9.97 Å². The molecule has 222 valence electrons. The summed E-state index contributed by atoms with van der Waals surface area (Å²) >= 11 is 0. The first-order valence-electron chi connectivity index (χ1n) is 15.9. The third-order valence-corrected chi connectivity index (χ3v) is 9.35. The average Bonchev–Trinajstić information content (AvgIpc) is 3.37. The van der Waals surface area contributed by atoms with Crippen LogP contribution in [0.15, 0.2) is 152 Å². The second-order valence-electron chi connectivity index (χ2n) is 12.6. The van der Waals surface area contributed by atoms with Crippen molar-refractivity contribution in [1.29, 1.82) is 0 Å². The van der Waals surface area contributed by atoms with Gasteiger partial charge in [0, 0.05) is 22.1 Å². The lowest BCUT2D eigenvalue weighted by Gasteiger charge is -2.21. The van der Waals surface area contributed by atoms with E-state index in [0.29, 0.717) is 11.5 Å². The quantitative estimate of drug-likeness (QED) is 0.184. The van der Waals surface area contributed by atoms with E-state index in [-0.39, 0.29) is 5.41 Å². The van der Waals surface area contributed by atoms with Crippen molar-refractivity contribution in [3.05, 3.63) is 174 Å². The van der Waals surface area contributed by atoms with Crippen LogP contribution >= 0.6 is 0 Å². The molecule has 0 spiro atoms. The van der Waals surface area contributed by atoms with Crippen LogP contribution < -0.4 is 0 Å². The highest BCUT2D eigenvalue weighted by Crippen LogP contribution is 2.50. The highest BCUT2D eigenvalue weighted by molar-refractivity contribution is 5.86. The van der Waals surface area contributed by atoms with Gasteiger partial charge in [-0.2, -0.15) is 0 Å². The van der Waals surface area contributed by atoms with Gasteiger partial charge in [-0.3, -0.25) is 0 Å². The molecular formula is C44H31N3. The monoisotopic (exact) mass is 601 g/mol. The van der Waals surface area contributed by atoms with Crippen LogP contribution in [0.3, 0.4) is 0 Å². The predicted octanol–water partition coefficient (Wildman–Crippen LogP) is 11.7. The van der Waals surface area contributed by atoms with Gasteiger partial charge in [0.1, 0.15) is 0 Å². The van der Waals surface area contributed by atoms with Crippen LogP contribution in [0.1, 0.15) is 25.0 Å². The van der Waals surface area contributed by atoms with E-state index >= 15 is 0 Å². The molecule has 1 aliphatic rings. The molecule has 8 rings (SSSR count). The molecule has 1 heterocycles. The number of hydrogen-bond acceptors (Lipinski definition) is 2. The number of hydrogen-bond donors (Lipinski definition) is 0. The molecule has 0 radical (unpaired) electrons. The van der Waals surface area contributed by atoms with Crippen molar-refractivity contribution >= 4 is 5.69 Å². The summed E-state index contributed by atoms with van der Waals surface area (Å²) in [5.41, 5.74) is 15.0. The number of aromatic nitrogens is 2. The van der Waals surface area contributed by atoms with Gasteiger partial charge >= 0.3 is 0 Å². The maximum absolute atomic E-state index is 7.54. The van der Waals surface area contributed by atoms with Crippen LogP contribution in [0.2, 0.25) is 0 Å². The van der Waals surface area contributed by atoms with Crippen molar-refractivity contribution < 1.29 is 0 Å². The molecule has 0 unspecified atom stereocenters. The van der Waals surface area contributed by atoms with Gasteiger partial charge in [0.2, 0.25) is 0 Å². The van der Waals surface area contributed by atoms with E-state index in [4.69, 9.17) is 16.5 Å². The van der Waals surface area contributed by atoms with Gasteiger partial charge in [-0.1, -0.05) is 147 Å². The number of benzene rings is 6. The van der Waals surface area contributed by atoms with Gasteiger partial charge in [0.05, 0.1) is 18.0 Å². The average molecular weight is 602 g/mol. The molecule has 0 amide bonds. The molecule has 47 heavy (non-hydrogen) atoms. The lowest BCUT2D eigenvalue weighted by Crippen LogP contribution is -2.14. The van der Waals surface area contributed by atoms with Crippen molar-refractivity contribution in [2.75, 3.05) is 0 Å². The first-order chi connectivity index (χ1) is 23.0. The Balaban J connectivity index is 1.16. The fraction of sp³-hybridized carbons (Fsp3) is 0.0682. The molecule has 0 bridgehead atoms. The van der Waals surface area contributed by atoms with E-state index in [1.807, 2.05) is 36.4 Å². The Morgan fingerprint density at radius 3 is 1.47 bits per heavy atom. The van der Waals surface area contributed by atoms with Gasteiger partial charge in [0.25, 0.3) is 0 Å². The third kappa shape index (κ3) is 5.11. The molecule has 6 aromatic carbocycles. The molecule has 0 N–H and O–H groups in total. The van der Waals surface area contributed by atoms with E-state index in [1.54, 1.807) is 0 Å². The zero-order valence-electron chi connectivity index (χ0n) is 26.3. The molecular weight excluding hydrogens is 571 g/mol. The van der Waals surface area contributed by atoms with Gasteiger partial charge in [-0.25, -0.2) is 14.8 Å². The van der Waals surface area contributed by atoms with Crippen molar-refractivity contribution in [3.63, 3.8) is 0 Å². The summed E-state index contributed by atoms with van der Waals surface area (Å²) in [5, 5.41) is 0. The molecule has 0 aliphatic heterocycles. The molecule has 3 nitrogen and oxygen atoms in total. The molecule has 0 saturated carbocycles. The minimum atomic E-state index is -0.101. The number of fused-ring (bicyclic) bond motifs is 3. The van der Waals surface area contributed by atoms with Gasteiger partial charge in [-0.05, 0) is 62.7 Å². The van der Waals surface area contributed by atoms with Crippen LogP contribution in [0, 0.1) is 6.57 Å². The van der Waals surface area contributed by atoms with Crippen molar-refractivity contribution in [1.82, 2.24) is 9.97 Å². The lowest BCUT2D eigenvalue weighted by molar-refractivity contribution is 0.660. The van der Waals surface area contributed by atoms with Crippen LogP contribution in [0.5, 0.6) is 0 Å². The Morgan fingerprint density at radius 1 is 0.447 bits per heavy atom. The Bertz CT molecular complexity index is 2300. The minimum absolute atomic E-state index is 0.101. The third-order valence-electron chi connectivity index (χ3n) is 9.35. The maximum atomic E-state index is 7.54. The Morgan fingerprint density at radius 2 is 0.894 bits per heavy atom. The first-order valence-corrected chi connectivity index (χ1v) is 15.9. The molecule has 0 fully saturated rings. The predicted molar refractivity (Wildman–Crippen MR) is 193 cm³/mol. The Kier molecular flexibility index (Phi) is 6.85. The smallest absolute Gasteiger partial charge is 0.187 e. The van der Waals surface area contributed by atoms with Gasteiger partial charge in [-0.15, -0.1) is 0 Å². The zero-order valence-corrected chi connectivity index (χ0v) is 26.3. The summed E-state index contributed by atoms with van der Waals surface area (Å²) in [7, 11) is 0. The summed E-state index contributed by atoms with van der Waals surface area (Å²) in [6, 6.07) is 52.7. The summed E-state index contributed by atoms with van der Waals surface area (Å²) in [6.45, 7) is 12.1. The number of rotatable bonds is 5. The van der Waals surface area contributed by atoms with Crippen LogP contribution in [0.4, 0.5) is 5.69 Å². The number of nitrogens with zero attached hydrogens (tertiary/aromatic N) is 3. The second kappa shape index (κ2) is 11.4. The molecule has 1 aliphatic carbocycles. The normalized spacial score (nSPS) is 12.6. The summed E-state index contributed by atoms with van der Waals surface area (Å²) in [6.07, 6.45) is 0. The largest absolute Gasteiger partial charge is 0.238 e. The molecule has 3 heteroatoms. The summed E-state index contributed by atoms with van der Waals surface area (Å²) in [4.78, 5) is 13.7. The highest BCUT2D eigenvalue weighted by Gasteiger charge is 2.35.